The second-order valence-electron chi connectivity index (χ2n) is 5.66. The molecule has 2 aliphatic carbocycles. The van der Waals surface area contributed by atoms with Gasteiger partial charge >= 0.3 is 0 Å². The van der Waals surface area contributed by atoms with Crippen LogP contribution in [0.25, 0.3) is 0 Å². The molecule has 0 bridgehead atoms. The lowest BCUT2D eigenvalue weighted by Crippen LogP contribution is -2.32. The molecule has 0 amide bonds. The summed E-state index contributed by atoms with van der Waals surface area (Å²) in [4.78, 5) is 34.6. The van der Waals surface area contributed by atoms with E-state index in [-0.39, 0.29) is 5.70 Å². The lowest BCUT2D eigenvalue weighted by atomic mass is 9.94. The van der Waals surface area contributed by atoms with Gasteiger partial charge in [0.15, 0.2) is 5.25 Å². The van der Waals surface area contributed by atoms with Crippen LogP contribution < -0.4 is 0 Å². The van der Waals surface area contributed by atoms with Gasteiger partial charge in [0.1, 0.15) is 11.4 Å². The lowest BCUT2D eigenvalue weighted by Gasteiger charge is -2.13. The Hall–Kier alpha value is -3.31. The summed E-state index contributed by atoms with van der Waals surface area (Å²) in [6.07, 6.45) is 3.12. The second-order valence-corrected chi connectivity index (χ2v) is 7.20. The number of fused-ring (bicyclic) bond motifs is 1. The molecule has 1 N–H and O–H groups in total. The van der Waals surface area contributed by atoms with Crippen molar-refractivity contribution < 1.29 is 27.5 Å². The average Bonchev–Trinajstić information content (AvgIpc) is 2.61. The molecule has 0 saturated carbocycles. The van der Waals surface area contributed by atoms with Crippen molar-refractivity contribution in [2.24, 2.45) is 10.2 Å². The van der Waals surface area contributed by atoms with E-state index in [0.717, 1.165) is 11.6 Å². The van der Waals surface area contributed by atoms with Gasteiger partial charge in [-0.25, -0.2) is 0 Å². The molecular formula is C16H11N3O7S. The Labute approximate surface area is 152 Å². The number of allylic oxidation sites excluding steroid dienone is 4. The Morgan fingerprint density at radius 1 is 1.15 bits per heavy atom. The van der Waals surface area contributed by atoms with E-state index in [1.54, 1.807) is 24.3 Å². The molecule has 1 unspecified atom stereocenters. The molecule has 0 spiro atoms. The highest BCUT2D eigenvalue weighted by molar-refractivity contribution is 7.87. The van der Waals surface area contributed by atoms with E-state index in [9.17, 15) is 28.1 Å². The molecule has 3 rings (SSSR count). The van der Waals surface area contributed by atoms with Crippen molar-refractivity contribution in [1.29, 1.82) is 0 Å². The number of nitro groups is 1. The zero-order valence-electron chi connectivity index (χ0n) is 13.5. The van der Waals surface area contributed by atoms with E-state index >= 15 is 0 Å². The lowest BCUT2D eigenvalue weighted by molar-refractivity contribution is -0.419. The fraction of sp³-hybridized carbons (Fsp3) is 0.125. The van der Waals surface area contributed by atoms with E-state index in [0.29, 0.717) is 18.1 Å². The van der Waals surface area contributed by atoms with Gasteiger partial charge in [0, 0.05) is 17.7 Å². The van der Waals surface area contributed by atoms with Crippen LogP contribution in [0.15, 0.2) is 69.8 Å². The quantitative estimate of drug-likeness (QED) is 0.355. The Kier molecular flexibility index (Phi) is 4.64. The Morgan fingerprint density at radius 3 is 2.48 bits per heavy atom. The third-order valence-electron chi connectivity index (χ3n) is 3.92. The van der Waals surface area contributed by atoms with Crippen molar-refractivity contribution in [3.05, 3.63) is 80.8 Å². The van der Waals surface area contributed by atoms with Crippen molar-refractivity contribution >= 4 is 21.7 Å². The van der Waals surface area contributed by atoms with Crippen molar-refractivity contribution in [2.75, 3.05) is 0 Å². The summed E-state index contributed by atoms with van der Waals surface area (Å²) >= 11 is 0. The van der Waals surface area contributed by atoms with Crippen LogP contribution in [0.1, 0.15) is 15.9 Å². The number of nitrogens with zero attached hydrogens (tertiary/aromatic N) is 3. The largest absolute Gasteiger partial charge is 0.290 e. The van der Waals surface area contributed by atoms with Gasteiger partial charge in [-0.2, -0.15) is 8.42 Å². The maximum absolute atomic E-state index is 12.4. The number of hydrogen-bond donors (Lipinski definition) is 1. The summed E-state index contributed by atoms with van der Waals surface area (Å²) in [5.41, 5.74) is -0.262. The smallest absolute Gasteiger partial charge is 0.279 e. The molecule has 0 heterocycles. The topological polar surface area (TPSA) is 156 Å². The molecular weight excluding hydrogens is 378 g/mol. The SMILES string of the molecule is O=C1C(N=NC2=CC([N+](=O)[O-])=CC(S(=O)(=O)O)C2=O)=CCc2ccccc21. The number of carbonyl (C=O) groups excluding carboxylic acids is 2. The number of benzene rings is 1. The zero-order chi connectivity index (χ0) is 19.8. The maximum atomic E-state index is 12.4. The van der Waals surface area contributed by atoms with Gasteiger partial charge in [-0.3, -0.25) is 24.3 Å². The zero-order valence-corrected chi connectivity index (χ0v) is 14.3. The van der Waals surface area contributed by atoms with E-state index in [1.165, 1.54) is 6.08 Å². The van der Waals surface area contributed by atoms with Crippen LogP contribution in [-0.2, 0) is 21.3 Å². The molecule has 27 heavy (non-hydrogen) atoms. The maximum Gasteiger partial charge on any atom is 0.279 e. The van der Waals surface area contributed by atoms with Crippen molar-refractivity contribution in [3.63, 3.8) is 0 Å². The van der Waals surface area contributed by atoms with E-state index in [1.807, 2.05) is 0 Å². The first-order valence-corrected chi connectivity index (χ1v) is 9.01. The van der Waals surface area contributed by atoms with Crippen LogP contribution in [-0.4, -0.2) is 34.7 Å². The third kappa shape index (κ3) is 3.64. The molecule has 0 aromatic heterocycles. The molecule has 138 valence electrons. The fourth-order valence-corrected chi connectivity index (χ4v) is 3.30. The van der Waals surface area contributed by atoms with Gasteiger partial charge in [0.2, 0.25) is 11.6 Å². The van der Waals surface area contributed by atoms with Crippen LogP contribution in [0.4, 0.5) is 0 Å². The van der Waals surface area contributed by atoms with Gasteiger partial charge in [-0.15, -0.1) is 10.2 Å². The summed E-state index contributed by atoms with van der Waals surface area (Å²) in [5, 5.41) is 16.0. The number of carbonyl (C=O) groups is 2. The average molecular weight is 389 g/mol. The molecule has 0 fully saturated rings. The molecule has 1 atom stereocenters. The van der Waals surface area contributed by atoms with Crippen LogP contribution in [0.2, 0.25) is 0 Å². The van der Waals surface area contributed by atoms with Crippen LogP contribution in [0.3, 0.4) is 0 Å². The molecule has 0 aliphatic heterocycles. The molecule has 2 aliphatic rings. The van der Waals surface area contributed by atoms with Gasteiger partial charge in [-0.1, -0.05) is 24.3 Å². The standard InChI is InChI=1S/C16H11N3O7S/c20-15-11-4-2-1-3-9(11)5-6-12(15)17-18-13-7-10(19(22)23)8-14(16(13)21)27(24,25)26/h1-4,6-8,14H,5H2,(H,24,25,26). The summed E-state index contributed by atoms with van der Waals surface area (Å²) in [6, 6.07) is 6.83. The van der Waals surface area contributed by atoms with Crippen molar-refractivity contribution in [2.45, 2.75) is 11.7 Å². The Morgan fingerprint density at radius 2 is 1.81 bits per heavy atom. The predicted octanol–water partition coefficient (Wildman–Crippen LogP) is 1.65. The van der Waals surface area contributed by atoms with Gasteiger partial charge in [-0.05, 0) is 18.1 Å². The highest BCUT2D eigenvalue weighted by Gasteiger charge is 2.38. The first-order valence-electron chi connectivity index (χ1n) is 7.51. The van der Waals surface area contributed by atoms with Crippen LogP contribution >= 0.6 is 0 Å². The number of rotatable bonds is 4. The van der Waals surface area contributed by atoms with E-state index in [2.05, 4.69) is 10.2 Å². The number of Topliss-reactive ketones (excluding diaryl/α,β-unsaturated/α-hetero) is 2. The summed E-state index contributed by atoms with van der Waals surface area (Å²) in [7, 11) is -4.92. The minimum absolute atomic E-state index is 0.0805. The molecule has 1 aromatic carbocycles. The molecule has 10 nitrogen and oxygen atoms in total. The Balaban J connectivity index is 1.94. The molecule has 0 saturated heterocycles. The normalized spacial score (nSPS) is 20.0. The molecule has 0 radical (unpaired) electrons. The van der Waals surface area contributed by atoms with E-state index in [4.69, 9.17) is 4.55 Å². The highest BCUT2D eigenvalue weighted by atomic mass is 32.2. The summed E-state index contributed by atoms with van der Waals surface area (Å²) in [6.45, 7) is 0. The van der Waals surface area contributed by atoms with Crippen molar-refractivity contribution in [1.82, 2.24) is 0 Å². The summed E-state index contributed by atoms with van der Waals surface area (Å²) < 4.78 is 31.7. The minimum atomic E-state index is -4.92. The Bertz CT molecular complexity index is 1100. The third-order valence-corrected chi connectivity index (χ3v) is 4.92. The first kappa shape index (κ1) is 18.5. The van der Waals surface area contributed by atoms with E-state index < -0.39 is 43.3 Å². The van der Waals surface area contributed by atoms with Crippen LogP contribution in [0.5, 0.6) is 0 Å². The fourth-order valence-electron chi connectivity index (χ4n) is 2.60. The van der Waals surface area contributed by atoms with Crippen molar-refractivity contribution in [3.8, 4) is 0 Å². The number of azo groups is 1. The minimum Gasteiger partial charge on any atom is -0.290 e. The number of ketones is 2. The van der Waals surface area contributed by atoms with Gasteiger partial charge in [0.25, 0.3) is 15.8 Å². The number of hydrogen-bond acceptors (Lipinski definition) is 8. The second kappa shape index (κ2) is 6.78. The predicted molar refractivity (Wildman–Crippen MR) is 90.9 cm³/mol. The summed E-state index contributed by atoms with van der Waals surface area (Å²) in [5.74, 6) is -1.63. The highest BCUT2D eigenvalue weighted by Crippen LogP contribution is 2.25. The molecule has 11 heteroatoms. The van der Waals surface area contributed by atoms with Gasteiger partial charge < -0.3 is 0 Å². The van der Waals surface area contributed by atoms with Crippen LogP contribution in [0, 0.1) is 10.1 Å². The van der Waals surface area contributed by atoms with Gasteiger partial charge in [0.05, 0.1) is 4.92 Å². The molecule has 1 aromatic rings. The monoisotopic (exact) mass is 389 g/mol. The first-order chi connectivity index (χ1) is 12.7.